The molecule has 1 fully saturated rings. The van der Waals surface area contributed by atoms with Gasteiger partial charge in [-0.05, 0) is 17.7 Å². The van der Waals surface area contributed by atoms with Crippen LogP contribution >= 0.6 is 0 Å². The Morgan fingerprint density at radius 1 is 1.33 bits per heavy atom. The molecule has 0 spiro atoms. The van der Waals surface area contributed by atoms with Crippen molar-refractivity contribution in [2.45, 2.75) is 12.2 Å². The van der Waals surface area contributed by atoms with E-state index in [1.165, 1.54) is 0 Å². The molecule has 82 valence electrons. The molecule has 1 aromatic carbocycles. The van der Waals surface area contributed by atoms with Crippen LogP contribution in [0.2, 0.25) is 0 Å². The van der Waals surface area contributed by atoms with Gasteiger partial charge in [-0.15, -0.1) is 0 Å². The van der Waals surface area contributed by atoms with E-state index in [2.05, 4.69) is 0 Å². The van der Waals surface area contributed by atoms with Crippen LogP contribution in [0.25, 0.3) is 0 Å². The van der Waals surface area contributed by atoms with Gasteiger partial charge in [-0.2, -0.15) is 0 Å². The maximum absolute atomic E-state index is 9.82. The summed E-state index contributed by atoms with van der Waals surface area (Å²) >= 11 is 0. The summed E-state index contributed by atoms with van der Waals surface area (Å²) < 4.78 is 15.3. The van der Waals surface area contributed by atoms with E-state index in [1.807, 2.05) is 6.07 Å². The molecule has 0 radical (unpaired) electrons. The summed E-state index contributed by atoms with van der Waals surface area (Å²) in [5.74, 6) is 1.28. The Kier molecular flexibility index (Phi) is 2.79. The predicted octanol–water partition coefficient (Wildman–Crippen LogP) is 1.14. The Morgan fingerprint density at radius 3 is 2.53 bits per heavy atom. The first-order valence-electron chi connectivity index (χ1n) is 4.78. The van der Waals surface area contributed by atoms with Crippen molar-refractivity contribution in [3.63, 3.8) is 0 Å². The van der Waals surface area contributed by atoms with Crippen molar-refractivity contribution in [1.29, 1.82) is 0 Å². The molecule has 4 nitrogen and oxygen atoms in total. The Hall–Kier alpha value is -1.26. The highest BCUT2D eigenvalue weighted by Gasteiger charge is 2.32. The van der Waals surface area contributed by atoms with E-state index in [1.54, 1.807) is 26.4 Å². The number of ether oxygens (including phenoxy) is 3. The monoisotopic (exact) mass is 210 g/mol. The molecule has 1 aliphatic heterocycles. The second-order valence-corrected chi connectivity index (χ2v) is 3.43. The number of methoxy groups -OCH3 is 2. The summed E-state index contributed by atoms with van der Waals surface area (Å²) in [6.45, 7) is 0.621. The largest absolute Gasteiger partial charge is 0.493 e. The van der Waals surface area contributed by atoms with Gasteiger partial charge < -0.3 is 19.3 Å². The molecule has 1 heterocycles. The van der Waals surface area contributed by atoms with E-state index in [4.69, 9.17) is 14.2 Å². The molecule has 0 aromatic heterocycles. The van der Waals surface area contributed by atoms with Crippen molar-refractivity contribution in [1.82, 2.24) is 0 Å². The maximum atomic E-state index is 9.82. The smallest absolute Gasteiger partial charge is 0.161 e. The highest BCUT2D eigenvalue weighted by Crippen LogP contribution is 2.33. The van der Waals surface area contributed by atoms with E-state index in [9.17, 15) is 5.11 Å². The van der Waals surface area contributed by atoms with Crippen LogP contribution in [0.5, 0.6) is 11.5 Å². The van der Waals surface area contributed by atoms with Crippen LogP contribution < -0.4 is 9.47 Å². The summed E-state index contributed by atoms with van der Waals surface area (Å²) in [6, 6.07) is 5.36. The minimum absolute atomic E-state index is 0.0666. The Morgan fingerprint density at radius 2 is 2.00 bits per heavy atom. The molecular weight excluding hydrogens is 196 g/mol. The second-order valence-electron chi connectivity index (χ2n) is 3.43. The minimum atomic E-state index is -0.579. The lowest BCUT2D eigenvalue weighted by Crippen LogP contribution is -2.05. The molecule has 0 saturated carbocycles. The van der Waals surface area contributed by atoms with Gasteiger partial charge in [-0.1, -0.05) is 6.07 Å². The number of aliphatic hydroxyl groups is 1. The lowest BCUT2D eigenvalue weighted by Gasteiger charge is -2.12. The normalized spacial score (nSPS) is 20.9. The molecule has 2 atom stereocenters. The maximum Gasteiger partial charge on any atom is 0.161 e. The second kappa shape index (κ2) is 4.08. The average molecular weight is 210 g/mol. The zero-order valence-electron chi connectivity index (χ0n) is 8.77. The van der Waals surface area contributed by atoms with Crippen molar-refractivity contribution < 1.29 is 19.3 Å². The average Bonchev–Trinajstić information content (AvgIpc) is 3.11. The van der Waals surface area contributed by atoms with Gasteiger partial charge in [-0.25, -0.2) is 0 Å². The van der Waals surface area contributed by atoms with Crippen molar-refractivity contribution >= 4 is 0 Å². The van der Waals surface area contributed by atoms with Crippen molar-refractivity contribution in [3.8, 4) is 11.5 Å². The molecule has 2 unspecified atom stereocenters. The molecular formula is C11H14O4. The zero-order valence-corrected chi connectivity index (χ0v) is 8.77. The number of hydrogen-bond donors (Lipinski definition) is 1. The molecule has 2 rings (SSSR count). The fourth-order valence-electron chi connectivity index (χ4n) is 1.49. The van der Waals surface area contributed by atoms with E-state index in [0.29, 0.717) is 18.1 Å². The number of epoxide rings is 1. The summed E-state index contributed by atoms with van der Waals surface area (Å²) in [5, 5.41) is 9.82. The fourth-order valence-corrected chi connectivity index (χ4v) is 1.49. The van der Waals surface area contributed by atoms with Gasteiger partial charge in [0.15, 0.2) is 11.5 Å². The zero-order chi connectivity index (χ0) is 10.8. The van der Waals surface area contributed by atoms with Gasteiger partial charge >= 0.3 is 0 Å². The molecule has 4 heteroatoms. The standard InChI is InChI=1S/C11H14O4/c1-13-8-4-3-7(5-9(8)14-2)11(12)10-6-15-10/h3-5,10-12H,6H2,1-2H3. The van der Waals surface area contributed by atoms with Crippen LogP contribution in [0, 0.1) is 0 Å². The van der Waals surface area contributed by atoms with E-state index >= 15 is 0 Å². The lowest BCUT2D eigenvalue weighted by molar-refractivity contribution is 0.136. The molecule has 15 heavy (non-hydrogen) atoms. The highest BCUT2D eigenvalue weighted by atomic mass is 16.6. The van der Waals surface area contributed by atoms with E-state index in [0.717, 1.165) is 5.56 Å². The number of hydrogen-bond acceptors (Lipinski definition) is 4. The van der Waals surface area contributed by atoms with Crippen molar-refractivity contribution in [3.05, 3.63) is 23.8 Å². The van der Waals surface area contributed by atoms with Gasteiger partial charge in [0.2, 0.25) is 0 Å². The van der Waals surface area contributed by atoms with Crippen LogP contribution in [-0.2, 0) is 4.74 Å². The molecule has 1 N–H and O–H groups in total. The van der Waals surface area contributed by atoms with Crippen molar-refractivity contribution in [2.24, 2.45) is 0 Å². The first-order valence-corrected chi connectivity index (χ1v) is 4.78. The van der Waals surface area contributed by atoms with Gasteiger partial charge in [-0.3, -0.25) is 0 Å². The van der Waals surface area contributed by atoms with Crippen LogP contribution in [0.4, 0.5) is 0 Å². The quantitative estimate of drug-likeness (QED) is 0.757. The third-order valence-corrected chi connectivity index (χ3v) is 2.46. The number of aliphatic hydroxyl groups excluding tert-OH is 1. The van der Waals surface area contributed by atoms with Crippen molar-refractivity contribution in [2.75, 3.05) is 20.8 Å². The van der Waals surface area contributed by atoms with Gasteiger partial charge in [0, 0.05) is 0 Å². The van der Waals surface area contributed by atoms with Gasteiger partial charge in [0.05, 0.1) is 20.8 Å². The summed E-state index contributed by atoms with van der Waals surface area (Å²) in [4.78, 5) is 0. The first-order chi connectivity index (χ1) is 7.26. The first kappa shape index (κ1) is 10.3. The third-order valence-electron chi connectivity index (χ3n) is 2.46. The Labute approximate surface area is 88.4 Å². The van der Waals surface area contributed by atoms with Crippen LogP contribution in [0.3, 0.4) is 0 Å². The minimum Gasteiger partial charge on any atom is -0.493 e. The van der Waals surface area contributed by atoms with Gasteiger partial charge in [0.25, 0.3) is 0 Å². The Balaban J connectivity index is 2.25. The van der Waals surface area contributed by atoms with E-state index < -0.39 is 6.10 Å². The molecule has 0 bridgehead atoms. The SMILES string of the molecule is COc1ccc(C(O)C2CO2)cc1OC. The van der Waals surface area contributed by atoms with Crippen LogP contribution in [0.1, 0.15) is 11.7 Å². The van der Waals surface area contributed by atoms with E-state index in [-0.39, 0.29) is 6.10 Å². The summed E-state index contributed by atoms with van der Waals surface area (Å²) in [7, 11) is 3.15. The van der Waals surface area contributed by atoms with Crippen LogP contribution in [-0.4, -0.2) is 32.0 Å². The molecule has 0 amide bonds. The molecule has 1 aromatic rings. The Bertz CT molecular complexity index is 346. The van der Waals surface area contributed by atoms with Gasteiger partial charge in [0.1, 0.15) is 12.2 Å². The lowest BCUT2D eigenvalue weighted by atomic mass is 10.1. The highest BCUT2D eigenvalue weighted by molar-refractivity contribution is 5.43. The topological polar surface area (TPSA) is 51.2 Å². The molecule has 0 aliphatic carbocycles. The van der Waals surface area contributed by atoms with Crippen LogP contribution in [0.15, 0.2) is 18.2 Å². The fraction of sp³-hybridized carbons (Fsp3) is 0.455. The predicted molar refractivity (Wildman–Crippen MR) is 54.2 cm³/mol. The summed E-state index contributed by atoms with van der Waals surface area (Å²) in [6.07, 6.45) is -0.645. The molecule has 1 saturated heterocycles. The summed E-state index contributed by atoms with van der Waals surface area (Å²) in [5.41, 5.74) is 0.787. The molecule has 1 aliphatic rings. The third kappa shape index (κ3) is 2.06. The number of rotatable bonds is 4. The number of benzene rings is 1.